The summed E-state index contributed by atoms with van der Waals surface area (Å²) < 4.78 is 0. The number of amides is 2. The van der Waals surface area contributed by atoms with Crippen LogP contribution >= 0.6 is 23.5 Å². The number of aromatic nitrogens is 1. The van der Waals surface area contributed by atoms with Crippen LogP contribution in [0.4, 0.5) is 10.5 Å². The SMILES string of the molecule is CSc1cc(C)nc(SC)c1NC(=O)NCC1(c2ccccc2)CCCCC1. The second-order valence-electron chi connectivity index (χ2n) is 7.36. The van der Waals surface area contributed by atoms with Gasteiger partial charge in [-0.25, -0.2) is 9.78 Å². The van der Waals surface area contributed by atoms with E-state index in [1.54, 1.807) is 23.5 Å². The van der Waals surface area contributed by atoms with Crippen LogP contribution in [0.1, 0.15) is 43.4 Å². The van der Waals surface area contributed by atoms with E-state index in [4.69, 9.17) is 0 Å². The van der Waals surface area contributed by atoms with Gasteiger partial charge in [0, 0.05) is 22.5 Å². The molecule has 6 heteroatoms. The second kappa shape index (κ2) is 9.70. The highest BCUT2D eigenvalue weighted by Crippen LogP contribution is 2.39. The van der Waals surface area contributed by atoms with Crippen LogP contribution in [0.2, 0.25) is 0 Å². The van der Waals surface area contributed by atoms with Crippen molar-refractivity contribution in [3.63, 3.8) is 0 Å². The molecule has 150 valence electrons. The van der Waals surface area contributed by atoms with E-state index in [1.807, 2.05) is 25.5 Å². The Labute approximate surface area is 176 Å². The van der Waals surface area contributed by atoms with E-state index < -0.39 is 0 Å². The Bertz CT molecular complexity index is 780. The van der Waals surface area contributed by atoms with Gasteiger partial charge in [-0.2, -0.15) is 0 Å². The Balaban J connectivity index is 1.74. The third-order valence-electron chi connectivity index (χ3n) is 5.51. The Kier molecular flexibility index (Phi) is 7.30. The Hall–Kier alpha value is -1.66. The zero-order chi connectivity index (χ0) is 20.0. The first-order chi connectivity index (χ1) is 13.6. The number of rotatable bonds is 6. The molecule has 1 aliphatic rings. The largest absolute Gasteiger partial charge is 0.337 e. The fourth-order valence-electron chi connectivity index (χ4n) is 4.03. The number of anilines is 1. The number of aryl methyl sites for hydroxylation is 1. The molecule has 1 fully saturated rings. The summed E-state index contributed by atoms with van der Waals surface area (Å²) in [6.07, 6.45) is 9.96. The summed E-state index contributed by atoms with van der Waals surface area (Å²) in [4.78, 5) is 18.4. The molecule has 0 spiro atoms. The minimum atomic E-state index is -0.155. The number of hydrogen-bond acceptors (Lipinski definition) is 4. The number of nitrogens with zero attached hydrogens (tertiary/aromatic N) is 1. The zero-order valence-electron chi connectivity index (χ0n) is 16.9. The molecular weight excluding hydrogens is 386 g/mol. The van der Waals surface area contributed by atoms with Gasteiger partial charge in [0.15, 0.2) is 0 Å². The van der Waals surface area contributed by atoms with Gasteiger partial charge in [-0.1, -0.05) is 49.6 Å². The minimum absolute atomic E-state index is 0.0348. The lowest BCUT2D eigenvalue weighted by Crippen LogP contribution is -2.43. The van der Waals surface area contributed by atoms with Crippen molar-refractivity contribution in [2.45, 2.75) is 54.4 Å². The summed E-state index contributed by atoms with van der Waals surface area (Å²) >= 11 is 3.18. The third kappa shape index (κ3) is 4.84. The molecule has 4 nitrogen and oxygen atoms in total. The first-order valence-corrected chi connectivity index (χ1v) is 12.2. The molecular formula is C22H29N3OS2. The van der Waals surface area contributed by atoms with Gasteiger partial charge in [0.05, 0.1) is 5.69 Å². The van der Waals surface area contributed by atoms with Crippen LogP contribution < -0.4 is 10.6 Å². The van der Waals surface area contributed by atoms with Crippen LogP contribution in [0.15, 0.2) is 46.3 Å². The monoisotopic (exact) mass is 415 g/mol. The number of urea groups is 1. The van der Waals surface area contributed by atoms with Crippen molar-refractivity contribution in [3.05, 3.63) is 47.7 Å². The standard InChI is InChI=1S/C22H29N3OS2/c1-16-14-18(27-2)19(20(24-16)28-3)25-21(26)23-15-22(12-8-5-9-13-22)17-10-6-4-7-11-17/h4,6-7,10-11,14H,5,8-9,12-13,15H2,1-3H3,(H2,23,25,26). The van der Waals surface area contributed by atoms with Gasteiger partial charge in [-0.15, -0.1) is 23.5 Å². The molecule has 3 rings (SSSR count). The highest BCUT2D eigenvalue weighted by molar-refractivity contribution is 7.99. The number of thioether (sulfide) groups is 2. The van der Waals surface area contributed by atoms with Gasteiger partial charge in [0.25, 0.3) is 0 Å². The molecule has 0 bridgehead atoms. The smallest absolute Gasteiger partial charge is 0.319 e. The van der Waals surface area contributed by atoms with Gasteiger partial charge >= 0.3 is 6.03 Å². The number of pyridine rings is 1. The molecule has 2 aromatic rings. The van der Waals surface area contributed by atoms with Crippen molar-refractivity contribution in [3.8, 4) is 0 Å². The summed E-state index contributed by atoms with van der Waals surface area (Å²) in [6, 6.07) is 12.5. The number of carbonyl (C=O) groups excluding carboxylic acids is 1. The van der Waals surface area contributed by atoms with Crippen LogP contribution in [0.25, 0.3) is 0 Å². The molecule has 0 saturated heterocycles. The van der Waals surface area contributed by atoms with Crippen molar-refractivity contribution in [1.29, 1.82) is 0 Å². The summed E-state index contributed by atoms with van der Waals surface area (Å²) in [5.41, 5.74) is 3.14. The second-order valence-corrected chi connectivity index (χ2v) is 9.01. The summed E-state index contributed by atoms with van der Waals surface area (Å²) in [7, 11) is 0. The van der Waals surface area contributed by atoms with Crippen LogP contribution in [-0.2, 0) is 5.41 Å². The van der Waals surface area contributed by atoms with E-state index in [0.717, 1.165) is 34.1 Å². The molecule has 0 aliphatic heterocycles. The maximum absolute atomic E-state index is 12.8. The van der Waals surface area contributed by atoms with E-state index in [2.05, 4.69) is 45.9 Å². The van der Waals surface area contributed by atoms with Crippen molar-refractivity contribution in [1.82, 2.24) is 10.3 Å². The number of hydrogen-bond donors (Lipinski definition) is 2. The minimum Gasteiger partial charge on any atom is -0.337 e. The highest BCUT2D eigenvalue weighted by Gasteiger charge is 2.34. The average molecular weight is 416 g/mol. The maximum Gasteiger partial charge on any atom is 0.319 e. The first-order valence-electron chi connectivity index (χ1n) is 9.78. The van der Waals surface area contributed by atoms with Crippen molar-refractivity contribution in [2.75, 3.05) is 24.4 Å². The van der Waals surface area contributed by atoms with Crippen LogP contribution in [0.5, 0.6) is 0 Å². The van der Waals surface area contributed by atoms with E-state index in [0.29, 0.717) is 6.54 Å². The molecule has 0 atom stereocenters. The molecule has 1 aromatic heterocycles. The molecule has 1 aliphatic carbocycles. The Morgan fingerprint density at radius 1 is 1.11 bits per heavy atom. The molecule has 0 unspecified atom stereocenters. The molecule has 1 saturated carbocycles. The van der Waals surface area contributed by atoms with Crippen molar-refractivity contribution >= 4 is 35.2 Å². The maximum atomic E-state index is 12.8. The average Bonchev–Trinajstić information content (AvgIpc) is 2.74. The number of benzene rings is 1. The van der Waals surface area contributed by atoms with Crippen molar-refractivity contribution < 1.29 is 4.79 Å². The molecule has 1 aromatic carbocycles. The van der Waals surface area contributed by atoms with Crippen LogP contribution in [0, 0.1) is 6.92 Å². The summed E-state index contributed by atoms with van der Waals surface area (Å²) in [5, 5.41) is 7.08. The van der Waals surface area contributed by atoms with Gasteiger partial charge in [-0.3, -0.25) is 0 Å². The van der Waals surface area contributed by atoms with E-state index in [9.17, 15) is 4.79 Å². The highest BCUT2D eigenvalue weighted by atomic mass is 32.2. The first kappa shape index (κ1) is 21.1. The fourth-order valence-corrected chi connectivity index (χ4v) is 5.34. The molecule has 0 radical (unpaired) electrons. The van der Waals surface area contributed by atoms with Gasteiger partial charge in [0.1, 0.15) is 5.03 Å². The van der Waals surface area contributed by atoms with E-state index in [1.165, 1.54) is 24.8 Å². The van der Waals surface area contributed by atoms with Crippen LogP contribution in [0.3, 0.4) is 0 Å². The summed E-state index contributed by atoms with van der Waals surface area (Å²) in [5.74, 6) is 0. The predicted molar refractivity (Wildman–Crippen MR) is 121 cm³/mol. The topological polar surface area (TPSA) is 54.0 Å². The predicted octanol–water partition coefficient (Wildman–Crippen LogP) is 5.86. The lowest BCUT2D eigenvalue weighted by atomic mass is 9.69. The molecule has 28 heavy (non-hydrogen) atoms. The van der Waals surface area contributed by atoms with E-state index in [-0.39, 0.29) is 11.4 Å². The molecule has 1 heterocycles. The van der Waals surface area contributed by atoms with Crippen molar-refractivity contribution in [2.24, 2.45) is 0 Å². The van der Waals surface area contributed by atoms with E-state index >= 15 is 0 Å². The molecule has 2 amide bonds. The Morgan fingerprint density at radius 3 is 2.46 bits per heavy atom. The van der Waals surface area contributed by atoms with Gasteiger partial charge in [0.2, 0.25) is 0 Å². The Morgan fingerprint density at radius 2 is 1.82 bits per heavy atom. The lowest BCUT2D eigenvalue weighted by Gasteiger charge is -2.38. The third-order valence-corrected chi connectivity index (χ3v) is 6.96. The fraction of sp³-hybridized carbons (Fsp3) is 0.455. The van der Waals surface area contributed by atoms with Gasteiger partial charge in [-0.05, 0) is 43.9 Å². The lowest BCUT2D eigenvalue weighted by molar-refractivity contribution is 0.240. The van der Waals surface area contributed by atoms with Crippen LogP contribution in [-0.4, -0.2) is 30.1 Å². The number of carbonyl (C=O) groups is 1. The molecule has 2 N–H and O–H groups in total. The summed E-state index contributed by atoms with van der Waals surface area (Å²) in [6.45, 7) is 2.64. The number of nitrogens with one attached hydrogen (secondary N) is 2. The van der Waals surface area contributed by atoms with Gasteiger partial charge < -0.3 is 10.6 Å². The quantitative estimate of drug-likeness (QED) is 0.580. The zero-order valence-corrected chi connectivity index (χ0v) is 18.5. The normalized spacial score (nSPS) is 15.8.